The number of carbonyl (C=O) groups excluding carboxylic acids is 1. The first-order valence-electron chi connectivity index (χ1n) is 9.97. The number of nitrogens with zero attached hydrogens (tertiary/aromatic N) is 1. The van der Waals surface area contributed by atoms with E-state index in [1.807, 2.05) is 48.5 Å². The van der Waals surface area contributed by atoms with Gasteiger partial charge in [0.1, 0.15) is 5.00 Å². The van der Waals surface area contributed by atoms with Crippen LogP contribution in [0.4, 0.5) is 10.7 Å². The quantitative estimate of drug-likeness (QED) is 0.525. The van der Waals surface area contributed by atoms with Crippen LogP contribution in [0.1, 0.15) is 39.2 Å². The van der Waals surface area contributed by atoms with Gasteiger partial charge in [0.15, 0.2) is 11.5 Å². The van der Waals surface area contributed by atoms with Gasteiger partial charge in [0.25, 0.3) is 5.91 Å². The minimum Gasteiger partial charge on any atom is -0.493 e. The summed E-state index contributed by atoms with van der Waals surface area (Å²) in [5.74, 6) is 1.17. The van der Waals surface area contributed by atoms with Crippen molar-refractivity contribution in [2.45, 2.75) is 25.7 Å². The molecular weight excluding hydrogens is 396 g/mol. The molecule has 1 aliphatic carbocycles. The number of ether oxygens (including phenoxy) is 2. The minimum absolute atomic E-state index is 0.106. The zero-order valence-electron chi connectivity index (χ0n) is 17.1. The van der Waals surface area contributed by atoms with Gasteiger partial charge in [-0.15, -0.1) is 11.3 Å². The van der Waals surface area contributed by atoms with Gasteiger partial charge in [-0.3, -0.25) is 4.79 Å². The Labute approximate surface area is 180 Å². The van der Waals surface area contributed by atoms with Gasteiger partial charge in [-0.2, -0.15) is 0 Å². The second kappa shape index (κ2) is 9.13. The monoisotopic (exact) mass is 420 g/mol. The molecule has 1 N–H and O–H groups in total. The molecule has 5 nitrogen and oxygen atoms in total. The summed E-state index contributed by atoms with van der Waals surface area (Å²) in [5, 5.41) is 3.76. The Morgan fingerprint density at radius 2 is 1.83 bits per heavy atom. The summed E-state index contributed by atoms with van der Waals surface area (Å²) in [4.78, 5) is 19.2. The highest BCUT2D eigenvalue weighted by Gasteiger charge is 2.25. The van der Waals surface area contributed by atoms with E-state index >= 15 is 0 Å². The summed E-state index contributed by atoms with van der Waals surface area (Å²) < 4.78 is 10.9. The summed E-state index contributed by atoms with van der Waals surface area (Å²) in [6.45, 7) is 0. The summed E-state index contributed by atoms with van der Waals surface area (Å²) in [6.07, 6.45) is 5.92. The highest BCUT2D eigenvalue weighted by Crippen LogP contribution is 2.40. The number of para-hydroxylation sites is 2. The Morgan fingerprint density at radius 3 is 2.60 bits per heavy atom. The fraction of sp³-hybridized carbons (Fsp3) is 0.250. The molecule has 0 saturated heterocycles. The van der Waals surface area contributed by atoms with E-state index in [1.165, 1.54) is 4.88 Å². The van der Waals surface area contributed by atoms with E-state index in [9.17, 15) is 4.79 Å². The van der Waals surface area contributed by atoms with Crippen molar-refractivity contribution in [3.05, 3.63) is 70.1 Å². The van der Waals surface area contributed by atoms with Crippen LogP contribution in [0.15, 0.2) is 53.5 Å². The molecule has 0 bridgehead atoms. The lowest BCUT2D eigenvalue weighted by atomic mass is 9.95. The van der Waals surface area contributed by atoms with Crippen LogP contribution in [-0.4, -0.2) is 26.3 Å². The number of amides is 1. The molecule has 4 rings (SSSR count). The number of anilines is 1. The van der Waals surface area contributed by atoms with Gasteiger partial charge in [0, 0.05) is 22.3 Å². The van der Waals surface area contributed by atoms with Crippen LogP contribution in [0.25, 0.3) is 0 Å². The maximum atomic E-state index is 13.2. The van der Waals surface area contributed by atoms with Crippen molar-refractivity contribution < 1.29 is 14.3 Å². The van der Waals surface area contributed by atoms with Crippen molar-refractivity contribution in [3.8, 4) is 11.5 Å². The predicted octanol–water partition coefficient (Wildman–Crippen LogP) is 5.65. The van der Waals surface area contributed by atoms with Gasteiger partial charge in [-0.05, 0) is 55.5 Å². The average Bonchev–Trinajstić information content (AvgIpc) is 3.16. The van der Waals surface area contributed by atoms with Crippen LogP contribution in [-0.2, 0) is 12.8 Å². The van der Waals surface area contributed by atoms with Crippen molar-refractivity contribution in [2.75, 3.05) is 19.5 Å². The number of hydrogen-bond donors (Lipinski definition) is 1. The molecule has 3 aromatic rings. The second-order valence-electron chi connectivity index (χ2n) is 7.05. The van der Waals surface area contributed by atoms with Crippen molar-refractivity contribution in [3.63, 3.8) is 0 Å². The summed E-state index contributed by atoms with van der Waals surface area (Å²) in [6, 6.07) is 15.2. The van der Waals surface area contributed by atoms with Crippen LogP contribution in [0, 0.1) is 0 Å². The zero-order chi connectivity index (χ0) is 20.9. The van der Waals surface area contributed by atoms with Gasteiger partial charge < -0.3 is 14.8 Å². The number of thiophene rings is 1. The Kier molecular flexibility index (Phi) is 6.14. The maximum Gasteiger partial charge on any atom is 0.259 e. The largest absolute Gasteiger partial charge is 0.493 e. The number of carbonyl (C=O) groups is 1. The van der Waals surface area contributed by atoms with E-state index in [0.717, 1.165) is 47.5 Å². The zero-order valence-corrected chi connectivity index (χ0v) is 17.9. The fourth-order valence-electron chi connectivity index (χ4n) is 3.73. The minimum atomic E-state index is -0.106. The van der Waals surface area contributed by atoms with E-state index in [4.69, 9.17) is 14.5 Å². The summed E-state index contributed by atoms with van der Waals surface area (Å²) in [5.41, 5.74) is 3.42. The van der Waals surface area contributed by atoms with Crippen molar-refractivity contribution in [1.82, 2.24) is 0 Å². The molecule has 1 heterocycles. The maximum absolute atomic E-state index is 13.2. The van der Waals surface area contributed by atoms with E-state index in [0.29, 0.717) is 17.1 Å². The summed E-state index contributed by atoms with van der Waals surface area (Å²) >= 11 is 1.61. The standard InChI is InChI=1S/C24H24N2O3S/c1-28-19-13-8-9-16(22(19)29-2)15-25-24-21(18-12-6-7-14-20(18)30-24)23(27)26-17-10-4-3-5-11-17/h3-5,8-11,13,15H,6-7,12,14H2,1-2H3,(H,26,27)/b25-15-. The third-order valence-corrected chi connectivity index (χ3v) is 6.37. The molecule has 0 fully saturated rings. The highest BCUT2D eigenvalue weighted by atomic mass is 32.1. The van der Waals surface area contributed by atoms with Crippen LogP contribution in [0.5, 0.6) is 11.5 Å². The van der Waals surface area contributed by atoms with E-state index < -0.39 is 0 Å². The lowest BCUT2D eigenvalue weighted by Gasteiger charge is -2.13. The molecule has 2 aromatic carbocycles. The van der Waals surface area contributed by atoms with Crippen LogP contribution in [0.3, 0.4) is 0 Å². The summed E-state index contributed by atoms with van der Waals surface area (Å²) in [7, 11) is 3.22. The first kappa shape index (κ1) is 20.2. The lowest BCUT2D eigenvalue weighted by Crippen LogP contribution is -2.14. The molecule has 0 radical (unpaired) electrons. The number of benzene rings is 2. The molecule has 0 unspecified atom stereocenters. The number of methoxy groups -OCH3 is 2. The number of hydrogen-bond acceptors (Lipinski definition) is 5. The highest BCUT2D eigenvalue weighted by molar-refractivity contribution is 7.16. The van der Waals surface area contributed by atoms with E-state index in [1.54, 1.807) is 31.8 Å². The van der Waals surface area contributed by atoms with Crippen molar-refractivity contribution in [2.24, 2.45) is 4.99 Å². The first-order chi connectivity index (χ1) is 14.7. The van der Waals surface area contributed by atoms with Gasteiger partial charge >= 0.3 is 0 Å². The van der Waals surface area contributed by atoms with Crippen LogP contribution < -0.4 is 14.8 Å². The first-order valence-corrected chi connectivity index (χ1v) is 10.8. The second-order valence-corrected chi connectivity index (χ2v) is 8.14. The predicted molar refractivity (Wildman–Crippen MR) is 122 cm³/mol. The number of nitrogens with one attached hydrogen (secondary N) is 1. The van der Waals surface area contributed by atoms with Gasteiger partial charge in [0.2, 0.25) is 0 Å². The Morgan fingerprint density at radius 1 is 1.03 bits per heavy atom. The van der Waals surface area contributed by atoms with Crippen molar-refractivity contribution in [1.29, 1.82) is 0 Å². The van der Waals surface area contributed by atoms with E-state index in [2.05, 4.69) is 5.32 Å². The molecule has 0 spiro atoms. The topological polar surface area (TPSA) is 59.9 Å². The molecule has 0 saturated carbocycles. The normalized spacial score (nSPS) is 13.1. The molecule has 30 heavy (non-hydrogen) atoms. The third kappa shape index (κ3) is 4.09. The van der Waals surface area contributed by atoms with Gasteiger partial charge in [-0.1, -0.05) is 24.3 Å². The number of aliphatic imine (C=N–C) groups is 1. The Hall–Kier alpha value is -3.12. The smallest absolute Gasteiger partial charge is 0.259 e. The van der Waals surface area contributed by atoms with Gasteiger partial charge in [0.05, 0.1) is 19.8 Å². The third-order valence-electron chi connectivity index (χ3n) is 5.17. The average molecular weight is 421 g/mol. The Balaban J connectivity index is 1.71. The molecule has 0 aliphatic heterocycles. The molecule has 1 aliphatic rings. The fourth-order valence-corrected chi connectivity index (χ4v) is 4.96. The van der Waals surface area contributed by atoms with Crippen molar-refractivity contribution >= 4 is 34.1 Å². The SMILES string of the molecule is COc1cccc(/C=N\c2sc3c(c2C(=O)Nc2ccccc2)CCCC3)c1OC. The lowest BCUT2D eigenvalue weighted by molar-refractivity contribution is 0.102. The molecule has 6 heteroatoms. The number of fused-ring (bicyclic) bond motifs is 1. The molecular formula is C24H24N2O3S. The number of rotatable bonds is 6. The molecule has 1 amide bonds. The molecule has 0 atom stereocenters. The van der Waals surface area contributed by atoms with Crippen LogP contribution in [0.2, 0.25) is 0 Å². The van der Waals surface area contributed by atoms with Gasteiger partial charge in [-0.25, -0.2) is 4.99 Å². The van der Waals surface area contributed by atoms with E-state index in [-0.39, 0.29) is 5.91 Å². The number of aryl methyl sites for hydroxylation is 1. The molecule has 154 valence electrons. The Bertz CT molecular complexity index is 1070. The molecule has 1 aromatic heterocycles. The van der Waals surface area contributed by atoms with Crippen LogP contribution >= 0.6 is 11.3 Å².